The quantitative estimate of drug-likeness (QED) is 0.546. The summed E-state index contributed by atoms with van der Waals surface area (Å²) in [6.07, 6.45) is 6.96. The zero-order chi connectivity index (χ0) is 18.6. The van der Waals surface area contributed by atoms with Crippen LogP contribution in [-0.4, -0.2) is 17.2 Å². The Balaban J connectivity index is 1.69. The summed E-state index contributed by atoms with van der Waals surface area (Å²) in [5, 5.41) is 12.3. The van der Waals surface area contributed by atoms with Gasteiger partial charge in [0.15, 0.2) is 0 Å². The van der Waals surface area contributed by atoms with E-state index in [0.717, 1.165) is 35.3 Å². The number of rotatable bonds is 6. The van der Waals surface area contributed by atoms with Crippen LogP contribution in [0.5, 0.6) is 5.75 Å². The van der Waals surface area contributed by atoms with E-state index < -0.39 is 5.97 Å². The van der Waals surface area contributed by atoms with Crippen molar-refractivity contribution in [2.45, 2.75) is 51.0 Å². The van der Waals surface area contributed by atoms with Crippen LogP contribution in [-0.2, 0) is 11.2 Å². The summed E-state index contributed by atoms with van der Waals surface area (Å²) in [6.45, 7) is 0. The highest BCUT2D eigenvalue weighted by Gasteiger charge is 2.18. The van der Waals surface area contributed by atoms with Gasteiger partial charge in [0.2, 0.25) is 0 Å². The highest BCUT2D eigenvalue weighted by molar-refractivity contribution is 7.17. The van der Waals surface area contributed by atoms with Crippen LogP contribution in [0.3, 0.4) is 0 Å². The van der Waals surface area contributed by atoms with Gasteiger partial charge < -0.3 is 9.84 Å². The number of carbonyl (C=O) groups is 1. The maximum absolute atomic E-state index is 11.0. The molecule has 140 valence electrons. The van der Waals surface area contributed by atoms with Crippen molar-refractivity contribution in [3.05, 3.63) is 53.4 Å². The van der Waals surface area contributed by atoms with E-state index in [9.17, 15) is 4.79 Å². The average Bonchev–Trinajstić information content (AvgIpc) is 3.16. The summed E-state index contributed by atoms with van der Waals surface area (Å²) in [4.78, 5) is 11.0. The van der Waals surface area contributed by atoms with Crippen LogP contribution in [0.25, 0.3) is 21.2 Å². The van der Waals surface area contributed by atoms with Crippen molar-refractivity contribution in [2.24, 2.45) is 0 Å². The molecule has 1 heterocycles. The number of hydrogen-bond donors (Lipinski definition) is 1. The Labute approximate surface area is 163 Å². The van der Waals surface area contributed by atoms with Crippen molar-refractivity contribution in [2.75, 3.05) is 0 Å². The van der Waals surface area contributed by atoms with Gasteiger partial charge in [-0.3, -0.25) is 4.79 Å². The standard InChI is InChI=1S/C23H24O3S/c24-23(25)11-7-16-6-9-21(26-19-4-2-1-3-5-19)20(14-16)17-8-10-22-18(15-17)12-13-27-22/h6,8-10,12-15,19H,1-5,7,11H2,(H,24,25). The molecule has 0 aliphatic heterocycles. The van der Waals surface area contributed by atoms with Crippen LogP contribution in [0.1, 0.15) is 44.1 Å². The van der Waals surface area contributed by atoms with Gasteiger partial charge in [-0.15, -0.1) is 11.3 Å². The molecule has 4 heteroatoms. The fraction of sp³-hybridized carbons (Fsp3) is 0.348. The fourth-order valence-corrected chi connectivity index (χ4v) is 4.58. The van der Waals surface area contributed by atoms with Gasteiger partial charge in [0.05, 0.1) is 6.10 Å². The molecular formula is C23H24O3S. The van der Waals surface area contributed by atoms with Gasteiger partial charge in [-0.25, -0.2) is 0 Å². The van der Waals surface area contributed by atoms with Gasteiger partial charge in [-0.2, -0.15) is 0 Å². The number of carboxylic acid groups (broad SMARTS) is 1. The molecule has 0 spiro atoms. The lowest BCUT2D eigenvalue weighted by molar-refractivity contribution is -0.136. The first-order chi connectivity index (χ1) is 13.2. The molecular weight excluding hydrogens is 356 g/mol. The lowest BCUT2D eigenvalue weighted by Crippen LogP contribution is -2.20. The maximum Gasteiger partial charge on any atom is 0.303 e. The average molecular weight is 381 g/mol. The van der Waals surface area contributed by atoms with E-state index >= 15 is 0 Å². The molecule has 0 atom stereocenters. The molecule has 3 aromatic rings. The second kappa shape index (κ2) is 8.13. The van der Waals surface area contributed by atoms with Gasteiger partial charge in [0.1, 0.15) is 5.75 Å². The van der Waals surface area contributed by atoms with E-state index in [4.69, 9.17) is 9.84 Å². The molecule has 1 fully saturated rings. The van der Waals surface area contributed by atoms with E-state index in [1.165, 1.54) is 29.3 Å². The number of carboxylic acids is 1. The topological polar surface area (TPSA) is 46.5 Å². The fourth-order valence-electron chi connectivity index (χ4n) is 3.81. The molecule has 0 unspecified atom stereocenters. The molecule has 1 aliphatic carbocycles. The lowest BCUT2D eigenvalue weighted by atomic mass is 9.96. The third kappa shape index (κ3) is 4.33. The van der Waals surface area contributed by atoms with Crippen LogP contribution in [0.15, 0.2) is 47.8 Å². The first-order valence-corrected chi connectivity index (χ1v) is 10.6. The molecule has 0 amide bonds. The van der Waals surface area contributed by atoms with Crippen molar-refractivity contribution in [3.63, 3.8) is 0 Å². The second-order valence-corrected chi connectivity index (χ2v) is 8.22. The minimum atomic E-state index is -0.765. The Hall–Kier alpha value is -2.33. The minimum absolute atomic E-state index is 0.145. The number of aliphatic carboxylic acids is 1. The summed E-state index contributed by atoms with van der Waals surface area (Å²) in [5.74, 6) is 0.148. The van der Waals surface area contributed by atoms with E-state index in [-0.39, 0.29) is 12.5 Å². The van der Waals surface area contributed by atoms with Crippen LogP contribution < -0.4 is 4.74 Å². The lowest BCUT2D eigenvalue weighted by Gasteiger charge is -2.24. The van der Waals surface area contributed by atoms with E-state index in [1.807, 2.05) is 12.1 Å². The smallest absolute Gasteiger partial charge is 0.303 e. The van der Waals surface area contributed by atoms with Gasteiger partial charge in [-0.1, -0.05) is 18.6 Å². The van der Waals surface area contributed by atoms with Crippen LogP contribution >= 0.6 is 11.3 Å². The normalized spacial score (nSPS) is 15.1. The molecule has 0 saturated heterocycles. The molecule has 0 radical (unpaired) electrons. The number of aryl methyl sites for hydroxylation is 1. The monoisotopic (exact) mass is 380 g/mol. The Morgan fingerprint density at radius 2 is 1.93 bits per heavy atom. The van der Waals surface area contributed by atoms with Gasteiger partial charge in [0.25, 0.3) is 0 Å². The largest absolute Gasteiger partial charge is 0.490 e. The first kappa shape index (κ1) is 18.1. The summed E-state index contributed by atoms with van der Waals surface area (Å²) >= 11 is 1.74. The predicted molar refractivity (Wildman–Crippen MR) is 111 cm³/mol. The van der Waals surface area contributed by atoms with Crippen LogP contribution in [0.4, 0.5) is 0 Å². The zero-order valence-electron chi connectivity index (χ0n) is 15.3. The Kier molecular flexibility index (Phi) is 5.44. The summed E-state index contributed by atoms with van der Waals surface area (Å²) < 4.78 is 7.67. The maximum atomic E-state index is 11.0. The number of benzene rings is 2. The highest BCUT2D eigenvalue weighted by Crippen LogP contribution is 2.36. The Bertz CT molecular complexity index is 938. The second-order valence-electron chi connectivity index (χ2n) is 7.28. The summed E-state index contributed by atoms with van der Waals surface area (Å²) in [5.41, 5.74) is 3.23. The number of hydrogen-bond acceptors (Lipinski definition) is 3. The van der Waals surface area contributed by atoms with Crippen molar-refractivity contribution >= 4 is 27.4 Å². The van der Waals surface area contributed by atoms with Crippen molar-refractivity contribution in [1.29, 1.82) is 0 Å². The van der Waals surface area contributed by atoms with E-state index in [2.05, 4.69) is 35.7 Å². The minimum Gasteiger partial charge on any atom is -0.490 e. The molecule has 1 saturated carbocycles. The number of thiophene rings is 1. The highest BCUT2D eigenvalue weighted by atomic mass is 32.1. The van der Waals surface area contributed by atoms with E-state index in [1.54, 1.807) is 11.3 Å². The van der Waals surface area contributed by atoms with E-state index in [0.29, 0.717) is 6.42 Å². The Morgan fingerprint density at radius 1 is 1.07 bits per heavy atom. The molecule has 1 N–H and O–H groups in total. The molecule has 3 nitrogen and oxygen atoms in total. The predicted octanol–water partition coefficient (Wildman–Crippen LogP) is 6.30. The van der Waals surface area contributed by atoms with Crippen molar-refractivity contribution < 1.29 is 14.6 Å². The van der Waals surface area contributed by atoms with Gasteiger partial charge >= 0.3 is 5.97 Å². The molecule has 1 aliphatic rings. The third-order valence-corrected chi connectivity index (χ3v) is 6.18. The molecule has 27 heavy (non-hydrogen) atoms. The van der Waals surface area contributed by atoms with Crippen LogP contribution in [0, 0.1) is 0 Å². The van der Waals surface area contributed by atoms with Crippen molar-refractivity contribution in [3.8, 4) is 16.9 Å². The van der Waals surface area contributed by atoms with Crippen molar-refractivity contribution in [1.82, 2.24) is 0 Å². The summed E-state index contributed by atoms with van der Waals surface area (Å²) in [7, 11) is 0. The van der Waals surface area contributed by atoms with Crippen LogP contribution in [0.2, 0.25) is 0 Å². The Morgan fingerprint density at radius 3 is 2.74 bits per heavy atom. The molecule has 0 bridgehead atoms. The molecule has 1 aromatic heterocycles. The molecule has 2 aromatic carbocycles. The first-order valence-electron chi connectivity index (χ1n) is 9.68. The summed E-state index contributed by atoms with van der Waals surface area (Å²) in [6, 6.07) is 14.8. The SMILES string of the molecule is O=C(O)CCc1ccc(OC2CCCCC2)c(-c2ccc3sccc3c2)c1. The van der Waals surface area contributed by atoms with Gasteiger partial charge in [-0.05, 0) is 84.3 Å². The number of fused-ring (bicyclic) bond motifs is 1. The zero-order valence-corrected chi connectivity index (χ0v) is 16.1. The molecule has 4 rings (SSSR count). The number of ether oxygens (including phenoxy) is 1. The van der Waals surface area contributed by atoms with Gasteiger partial charge in [0, 0.05) is 16.7 Å². The third-order valence-electron chi connectivity index (χ3n) is 5.28.